The number of rotatable bonds is 2. The van der Waals surface area contributed by atoms with Crippen molar-refractivity contribution in [3.63, 3.8) is 0 Å². The molecule has 2 nitrogen and oxygen atoms in total. The van der Waals surface area contributed by atoms with E-state index < -0.39 is 0 Å². The number of nitrogens with zero attached hydrogens (tertiary/aromatic N) is 1. The molecule has 0 aliphatic rings. The van der Waals surface area contributed by atoms with Crippen LogP contribution in [0.1, 0.15) is 0 Å². The second kappa shape index (κ2) is 7.12. The van der Waals surface area contributed by atoms with Gasteiger partial charge >= 0.3 is 0 Å². The topological polar surface area (TPSA) is 20.2 Å². The van der Waals surface area contributed by atoms with Gasteiger partial charge < -0.3 is 22.0 Å². The summed E-state index contributed by atoms with van der Waals surface area (Å²) in [6, 6.07) is 0. The van der Waals surface area contributed by atoms with Crippen LogP contribution >= 0.6 is 0 Å². The minimum atomic E-state index is 0. The number of halogens is 1. The van der Waals surface area contributed by atoms with Crippen molar-refractivity contribution in [3.05, 3.63) is 0 Å². The normalized spacial score (nSPS) is 9.33. The molecular weight excluding hydrogens is 244 g/mol. The third-order valence-electron chi connectivity index (χ3n) is 0.771. The molecule has 0 saturated heterocycles. The second-order valence-corrected chi connectivity index (χ2v) is 2.74. The third kappa shape index (κ3) is 17.6. The van der Waals surface area contributed by atoms with Crippen molar-refractivity contribution >= 4 is 23.9 Å². The maximum atomic E-state index is 8.39. The van der Waals surface area contributed by atoms with Gasteiger partial charge in [0.25, 0.3) is 0 Å². The molecule has 4 radical (unpaired) electrons. The molecule has 0 unspecified atom stereocenters. The van der Waals surface area contributed by atoms with E-state index in [-0.39, 0.29) is 42.9 Å². The summed E-state index contributed by atoms with van der Waals surface area (Å²) in [5.74, 6) is 0. The van der Waals surface area contributed by atoms with Gasteiger partial charge in [-0.2, -0.15) is 0 Å². The van der Waals surface area contributed by atoms with Crippen molar-refractivity contribution in [2.45, 2.75) is 0 Å². The van der Waals surface area contributed by atoms with E-state index in [1.807, 2.05) is 0 Å². The average molecular weight is 258 g/mol. The molecule has 0 aliphatic heterocycles. The SMILES string of the molecule is C[N+](C)(C)CCO.[Cl-].[Sn]. The molecule has 0 heterocycles. The summed E-state index contributed by atoms with van der Waals surface area (Å²) in [5, 5.41) is 8.39. The molecule has 0 aromatic carbocycles. The van der Waals surface area contributed by atoms with Crippen molar-refractivity contribution in [2.75, 3.05) is 34.3 Å². The first-order valence-corrected chi connectivity index (χ1v) is 2.47. The van der Waals surface area contributed by atoms with Gasteiger partial charge in [0.15, 0.2) is 0 Å². The van der Waals surface area contributed by atoms with Crippen molar-refractivity contribution in [1.29, 1.82) is 0 Å². The molecule has 4 heteroatoms. The smallest absolute Gasteiger partial charge is 0.101 e. The van der Waals surface area contributed by atoms with Gasteiger partial charge in [0.05, 0.1) is 27.7 Å². The zero-order valence-corrected chi connectivity index (χ0v) is 9.80. The molecule has 0 spiro atoms. The molecular formula is C5H14ClNOSn. The van der Waals surface area contributed by atoms with E-state index in [1.165, 1.54) is 0 Å². The van der Waals surface area contributed by atoms with E-state index >= 15 is 0 Å². The van der Waals surface area contributed by atoms with Crippen LogP contribution in [0.3, 0.4) is 0 Å². The van der Waals surface area contributed by atoms with Crippen molar-refractivity contribution in [3.8, 4) is 0 Å². The second-order valence-electron chi connectivity index (χ2n) is 2.74. The van der Waals surface area contributed by atoms with Crippen molar-refractivity contribution in [2.24, 2.45) is 0 Å². The molecule has 0 aromatic rings. The van der Waals surface area contributed by atoms with Gasteiger partial charge in [0, 0.05) is 23.9 Å². The van der Waals surface area contributed by atoms with E-state index in [0.717, 1.165) is 11.0 Å². The zero-order chi connectivity index (χ0) is 5.91. The van der Waals surface area contributed by atoms with Crippen molar-refractivity contribution < 1.29 is 22.0 Å². The number of hydrogen-bond donors (Lipinski definition) is 1. The number of hydrogen-bond acceptors (Lipinski definition) is 1. The first-order valence-electron chi connectivity index (χ1n) is 2.47. The maximum absolute atomic E-state index is 8.39. The Labute approximate surface area is 80.2 Å². The number of aliphatic hydroxyl groups is 1. The number of aliphatic hydroxyl groups excluding tert-OH is 1. The van der Waals surface area contributed by atoms with E-state index in [9.17, 15) is 0 Å². The van der Waals surface area contributed by atoms with Gasteiger partial charge in [-0.3, -0.25) is 0 Å². The van der Waals surface area contributed by atoms with E-state index in [2.05, 4.69) is 21.1 Å². The molecule has 0 aliphatic carbocycles. The molecule has 1 N–H and O–H groups in total. The van der Waals surface area contributed by atoms with Crippen LogP contribution in [0.4, 0.5) is 0 Å². The minimum Gasteiger partial charge on any atom is -1.00 e. The predicted octanol–water partition coefficient (Wildman–Crippen LogP) is -3.69. The van der Waals surface area contributed by atoms with Gasteiger partial charge in [-0.1, -0.05) is 0 Å². The molecule has 0 bridgehead atoms. The molecule has 0 saturated carbocycles. The Kier molecular flexibility index (Phi) is 13.1. The Morgan fingerprint density at radius 1 is 1.22 bits per heavy atom. The summed E-state index contributed by atoms with van der Waals surface area (Å²) in [6.45, 7) is 1.11. The summed E-state index contributed by atoms with van der Waals surface area (Å²) >= 11 is 0. The number of quaternary nitrogens is 1. The van der Waals surface area contributed by atoms with Crippen LogP contribution in [0.2, 0.25) is 0 Å². The number of likely N-dealkylation sites (N-methyl/N-ethyl adjacent to an activating group) is 1. The summed E-state index contributed by atoms with van der Waals surface area (Å²) in [6.07, 6.45) is 0. The van der Waals surface area contributed by atoms with Crippen molar-refractivity contribution in [1.82, 2.24) is 0 Å². The van der Waals surface area contributed by atoms with Crippen LogP contribution < -0.4 is 12.4 Å². The third-order valence-corrected chi connectivity index (χ3v) is 0.771. The van der Waals surface area contributed by atoms with E-state index in [0.29, 0.717) is 0 Å². The monoisotopic (exact) mass is 259 g/mol. The summed E-state index contributed by atoms with van der Waals surface area (Å²) in [7, 11) is 6.16. The Morgan fingerprint density at radius 3 is 1.56 bits per heavy atom. The fraction of sp³-hybridized carbons (Fsp3) is 1.00. The Balaban J connectivity index is -0.000000180. The molecule has 56 valence electrons. The molecule has 0 aromatic heterocycles. The van der Waals surface area contributed by atoms with Crippen LogP contribution in [-0.2, 0) is 0 Å². The summed E-state index contributed by atoms with van der Waals surface area (Å²) in [4.78, 5) is 0. The van der Waals surface area contributed by atoms with Gasteiger partial charge in [0.2, 0.25) is 0 Å². The first kappa shape index (κ1) is 16.5. The molecule has 0 rings (SSSR count). The van der Waals surface area contributed by atoms with Gasteiger partial charge in [0.1, 0.15) is 6.54 Å². The molecule has 0 fully saturated rings. The largest absolute Gasteiger partial charge is 1.00 e. The predicted molar refractivity (Wildman–Crippen MR) is 35.7 cm³/mol. The quantitative estimate of drug-likeness (QED) is 0.399. The molecule has 0 atom stereocenters. The minimum absolute atomic E-state index is 0. The first-order chi connectivity index (χ1) is 3.06. The van der Waals surface area contributed by atoms with E-state index in [1.54, 1.807) is 0 Å². The van der Waals surface area contributed by atoms with Crippen LogP contribution in [0, 0.1) is 0 Å². The Morgan fingerprint density at radius 2 is 1.56 bits per heavy atom. The van der Waals surface area contributed by atoms with Crippen LogP contribution in [0.5, 0.6) is 0 Å². The Bertz CT molecular complexity index is 55.4. The summed E-state index contributed by atoms with van der Waals surface area (Å²) < 4.78 is 0.844. The Hall–Kier alpha value is 1.01. The molecule has 0 amide bonds. The van der Waals surface area contributed by atoms with Gasteiger partial charge in [-0.15, -0.1) is 0 Å². The summed E-state index contributed by atoms with van der Waals surface area (Å²) in [5.41, 5.74) is 0. The fourth-order valence-electron chi connectivity index (χ4n) is 0.300. The zero-order valence-electron chi connectivity index (χ0n) is 6.19. The molecule has 9 heavy (non-hydrogen) atoms. The standard InChI is InChI=1S/C5H14NO.ClH.Sn/c1-6(2,3)4-5-7;;/h7H,4-5H2,1-3H3;1H;/q+1;;/p-1. The van der Waals surface area contributed by atoms with Crippen LogP contribution in [0.15, 0.2) is 0 Å². The maximum Gasteiger partial charge on any atom is 0.101 e. The van der Waals surface area contributed by atoms with Crippen LogP contribution in [-0.4, -0.2) is 67.8 Å². The average Bonchev–Trinajstić information content (AvgIpc) is 1.30. The van der Waals surface area contributed by atoms with Gasteiger partial charge in [-0.05, 0) is 0 Å². The fourth-order valence-corrected chi connectivity index (χ4v) is 0.300. The van der Waals surface area contributed by atoms with Crippen LogP contribution in [0.25, 0.3) is 0 Å². The van der Waals surface area contributed by atoms with Gasteiger partial charge in [-0.25, -0.2) is 0 Å². The van der Waals surface area contributed by atoms with E-state index in [4.69, 9.17) is 5.11 Å².